The summed E-state index contributed by atoms with van der Waals surface area (Å²) in [6.07, 6.45) is 3.74. The maximum Gasteiger partial charge on any atom is 0.491 e. The monoisotopic (exact) mass is 355 g/mol. The number of thiol groups is 1. The van der Waals surface area contributed by atoms with Crippen LogP contribution in [0.25, 0.3) is 6.08 Å². The van der Waals surface area contributed by atoms with Gasteiger partial charge >= 0.3 is 7.12 Å². The number of halogens is 1. The van der Waals surface area contributed by atoms with Gasteiger partial charge in [0.15, 0.2) is 0 Å². The van der Waals surface area contributed by atoms with Crippen molar-refractivity contribution in [3.05, 3.63) is 34.0 Å². The Morgan fingerprint density at radius 1 is 1.30 bits per heavy atom. The average Bonchev–Trinajstić information content (AvgIpc) is 2.57. The fourth-order valence-electron chi connectivity index (χ4n) is 1.85. The number of pyridine rings is 1. The molecule has 6 heteroatoms. The summed E-state index contributed by atoms with van der Waals surface area (Å²) in [6, 6.07) is 3.90. The molecule has 1 aromatic heterocycles. The van der Waals surface area contributed by atoms with E-state index in [0.717, 1.165) is 15.6 Å². The summed E-state index contributed by atoms with van der Waals surface area (Å²) in [5.74, 6) is 0.564. The summed E-state index contributed by atoms with van der Waals surface area (Å²) in [6.45, 7) is 8.17. The first kappa shape index (κ1) is 16.1. The molecule has 108 valence electrons. The molecule has 1 fully saturated rings. The maximum atomic E-state index is 6.04. The first-order chi connectivity index (χ1) is 9.25. The summed E-state index contributed by atoms with van der Waals surface area (Å²) in [4.78, 5) is 4.34. The zero-order valence-corrected chi connectivity index (χ0v) is 14.7. The Bertz CT molecular complexity index is 500. The Hall–Kier alpha value is -0.295. The molecule has 0 spiro atoms. The van der Waals surface area contributed by atoms with E-state index in [1.54, 1.807) is 6.20 Å². The van der Waals surface area contributed by atoms with Crippen LogP contribution in [0, 0.1) is 0 Å². The zero-order chi connectivity index (χ0) is 15.0. The molecular weight excluding hydrogens is 337 g/mol. The minimum atomic E-state index is -0.372. The maximum absolute atomic E-state index is 6.04. The van der Waals surface area contributed by atoms with Gasteiger partial charge in [-0.15, -0.1) is 0 Å². The van der Waals surface area contributed by atoms with Crippen LogP contribution >= 0.6 is 28.6 Å². The molecule has 2 rings (SSSR count). The van der Waals surface area contributed by atoms with Gasteiger partial charge in [0.2, 0.25) is 0 Å². The van der Waals surface area contributed by atoms with E-state index < -0.39 is 0 Å². The van der Waals surface area contributed by atoms with E-state index in [-0.39, 0.29) is 18.3 Å². The van der Waals surface area contributed by atoms with Gasteiger partial charge in [0, 0.05) is 16.4 Å². The Labute approximate surface area is 134 Å². The van der Waals surface area contributed by atoms with Crippen molar-refractivity contribution in [2.45, 2.75) is 38.9 Å². The Morgan fingerprint density at radius 3 is 2.35 bits per heavy atom. The van der Waals surface area contributed by atoms with Gasteiger partial charge in [0.05, 0.1) is 16.9 Å². The lowest BCUT2D eigenvalue weighted by Crippen LogP contribution is -2.41. The van der Waals surface area contributed by atoms with Crippen LogP contribution in [0.1, 0.15) is 33.4 Å². The van der Waals surface area contributed by atoms with E-state index in [0.29, 0.717) is 5.75 Å². The standard InChI is InChI=1S/C14H19BBrNO2S/c1-13(2)14(3,4)19-15(18-13)10(9-20)7-12-6-5-11(16)8-17-12/h5-8,20H,9H2,1-4H3. The highest BCUT2D eigenvalue weighted by Crippen LogP contribution is 2.38. The van der Waals surface area contributed by atoms with Gasteiger partial charge in [-0.2, -0.15) is 12.6 Å². The SMILES string of the molecule is CC1(C)OB(C(=Cc2ccc(Br)cn2)CS)OC1(C)C. The van der Waals surface area contributed by atoms with Crippen molar-refractivity contribution in [1.29, 1.82) is 0 Å². The van der Waals surface area contributed by atoms with Crippen molar-refractivity contribution < 1.29 is 9.31 Å². The van der Waals surface area contributed by atoms with Gasteiger partial charge in [0.1, 0.15) is 0 Å². The molecular formula is C14H19BBrNO2S. The Kier molecular flexibility index (Phi) is 4.69. The number of rotatable bonds is 3. The molecule has 0 radical (unpaired) electrons. The molecule has 1 saturated heterocycles. The number of aromatic nitrogens is 1. The molecule has 0 bridgehead atoms. The summed E-state index contributed by atoms with van der Waals surface area (Å²) in [5, 5.41) is 0. The first-order valence-electron chi connectivity index (χ1n) is 6.54. The van der Waals surface area contributed by atoms with Crippen molar-refractivity contribution in [2.24, 2.45) is 0 Å². The van der Waals surface area contributed by atoms with Gasteiger partial charge in [0.25, 0.3) is 0 Å². The second kappa shape index (κ2) is 5.83. The average molecular weight is 356 g/mol. The predicted octanol–water partition coefficient (Wildman–Crippen LogP) is 3.79. The second-order valence-electron chi connectivity index (χ2n) is 5.87. The number of hydrogen-bond donors (Lipinski definition) is 1. The third kappa shape index (κ3) is 3.30. The first-order valence-corrected chi connectivity index (χ1v) is 7.96. The van der Waals surface area contributed by atoms with E-state index in [1.807, 2.05) is 45.9 Å². The van der Waals surface area contributed by atoms with Crippen molar-refractivity contribution in [3.8, 4) is 0 Å². The molecule has 0 aromatic carbocycles. The Balaban J connectivity index is 2.24. The highest BCUT2D eigenvalue weighted by Gasteiger charge is 2.52. The molecule has 1 aliphatic heterocycles. The lowest BCUT2D eigenvalue weighted by atomic mass is 9.78. The van der Waals surface area contributed by atoms with E-state index in [9.17, 15) is 0 Å². The second-order valence-corrected chi connectivity index (χ2v) is 7.10. The molecule has 2 heterocycles. The number of nitrogens with zero attached hydrogens (tertiary/aromatic N) is 1. The van der Waals surface area contributed by atoms with E-state index in [2.05, 4.69) is 33.5 Å². The van der Waals surface area contributed by atoms with Gasteiger partial charge < -0.3 is 9.31 Å². The summed E-state index contributed by atoms with van der Waals surface area (Å²) >= 11 is 7.77. The van der Waals surface area contributed by atoms with Crippen molar-refractivity contribution in [1.82, 2.24) is 4.98 Å². The molecule has 3 nitrogen and oxygen atoms in total. The molecule has 0 atom stereocenters. The lowest BCUT2D eigenvalue weighted by molar-refractivity contribution is 0.00578. The van der Waals surface area contributed by atoms with Crippen LogP contribution < -0.4 is 0 Å². The minimum Gasteiger partial charge on any atom is -0.400 e. The van der Waals surface area contributed by atoms with Crippen LogP contribution in [0.15, 0.2) is 28.3 Å². The third-order valence-electron chi connectivity index (χ3n) is 3.82. The van der Waals surface area contributed by atoms with Crippen molar-refractivity contribution >= 4 is 41.8 Å². The quantitative estimate of drug-likeness (QED) is 0.661. The van der Waals surface area contributed by atoms with Gasteiger partial charge in [-0.05, 0) is 67.3 Å². The van der Waals surface area contributed by atoms with E-state index in [4.69, 9.17) is 9.31 Å². The summed E-state index contributed by atoms with van der Waals surface area (Å²) in [5.41, 5.74) is 1.16. The molecule has 1 aromatic rings. The zero-order valence-electron chi connectivity index (χ0n) is 12.2. The van der Waals surface area contributed by atoms with Crippen LogP contribution in [-0.2, 0) is 9.31 Å². The van der Waals surface area contributed by atoms with Crippen molar-refractivity contribution in [2.75, 3.05) is 5.75 Å². The summed E-state index contributed by atoms with van der Waals surface area (Å²) < 4.78 is 13.0. The van der Waals surface area contributed by atoms with Gasteiger partial charge in [-0.1, -0.05) is 0 Å². The fraction of sp³-hybridized carbons (Fsp3) is 0.500. The predicted molar refractivity (Wildman–Crippen MR) is 89.8 cm³/mol. The molecule has 0 amide bonds. The van der Waals surface area contributed by atoms with Crippen LogP contribution in [0.3, 0.4) is 0 Å². The molecule has 0 N–H and O–H groups in total. The molecule has 0 unspecified atom stereocenters. The van der Waals surface area contributed by atoms with Crippen LogP contribution in [0.5, 0.6) is 0 Å². The normalized spacial score (nSPS) is 21.3. The number of hydrogen-bond acceptors (Lipinski definition) is 4. The Morgan fingerprint density at radius 2 is 1.90 bits per heavy atom. The summed E-state index contributed by atoms with van der Waals surface area (Å²) in [7, 11) is -0.372. The molecule has 0 aliphatic carbocycles. The third-order valence-corrected chi connectivity index (χ3v) is 4.66. The van der Waals surface area contributed by atoms with E-state index in [1.165, 1.54) is 0 Å². The molecule has 0 saturated carbocycles. The van der Waals surface area contributed by atoms with Crippen LogP contribution in [-0.4, -0.2) is 29.1 Å². The topological polar surface area (TPSA) is 31.4 Å². The molecule has 1 aliphatic rings. The van der Waals surface area contributed by atoms with Crippen LogP contribution in [0.4, 0.5) is 0 Å². The highest BCUT2D eigenvalue weighted by molar-refractivity contribution is 9.10. The highest BCUT2D eigenvalue weighted by atomic mass is 79.9. The molecule has 20 heavy (non-hydrogen) atoms. The fourth-order valence-corrected chi connectivity index (χ4v) is 2.32. The lowest BCUT2D eigenvalue weighted by Gasteiger charge is -2.32. The smallest absolute Gasteiger partial charge is 0.400 e. The van der Waals surface area contributed by atoms with Gasteiger partial charge in [-0.25, -0.2) is 0 Å². The van der Waals surface area contributed by atoms with Gasteiger partial charge in [-0.3, -0.25) is 4.98 Å². The van der Waals surface area contributed by atoms with Crippen LogP contribution in [0.2, 0.25) is 0 Å². The van der Waals surface area contributed by atoms with Crippen molar-refractivity contribution in [3.63, 3.8) is 0 Å². The minimum absolute atomic E-state index is 0.340. The largest absolute Gasteiger partial charge is 0.491 e. The van der Waals surface area contributed by atoms with E-state index >= 15 is 0 Å².